The highest BCUT2D eigenvalue weighted by Gasteiger charge is 2.52. The molecule has 0 unspecified atom stereocenters. The number of pyridine rings is 1. The molecule has 146 valence electrons. The number of nitrogens with zero attached hydrogens (tertiary/aromatic N) is 2. The van der Waals surface area contributed by atoms with E-state index in [1.165, 1.54) is 6.07 Å². The fourth-order valence-electron chi connectivity index (χ4n) is 2.60. The van der Waals surface area contributed by atoms with E-state index in [1.807, 2.05) is 27.7 Å². The summed E-state index contributed by atoms with van der Waals surface area (Å²) in [7, 11) is -0.710. The van der Waals surface area contributed by atoms with Gasteiger partial charge in [0.25, 0.3) is 0 Å². The summed E-state index contributed by atoms with van der Waals surface area (Å²) in [4.78, 5) is 3.66. The zero-order valence-electron chi connectivity index (χ0n) is 15.8. The van der Waals surface area contributed by atoms with E-state index < -0.39 is 30.1 Å². The molecular formula is C19H18BF3N2O3. The lowest BCUT2D eigenvalue weighted by molar-refractivity contribution is -0.137. The van der Waals surface area contributed by atoms with Crippen LogP contribution in [0.2, 0.25) is 0 Å². The summed E-state index contributed by atoms with van der Waals surface area (Å²) in [6.07, 6.45) is -3.77. The Balaban J connectivity index is 1.82. The van der Waals surface area contributed by atoms with Crippen molar-refractivity contribution in [2.75, 3.05) is 0 Å². The summed E-state index contributed by atoms with van der Waals surface area (Å²) < 4.78 is 55.2. The molecule has 0 N–H and O–H groups in total. The van der Waals surface area contributed by atoms with Gasteiger partial charge in [0, 0.05) is 17.7 Å². The quantitative estimate of drug-likeness (QED) is 0.740. The van der Waals surface area contributed by atoms with Crippen LogP contribution in [-0.4, -0.2) is 23.3 Å². The maximum absolute atomic E-state index is 12.6. The molecule has 1 aliphatic heterocycles. The predicted octanol–water partition coefficient (Wildman–Crippen LogP) is 4.06. The molecule has 0 radical (unpaired) electrons. The molecule has 0 atom stereocenters. The van der Waals surface area contributed by atoms with Crippen LogP contribution in [0.15, 0.2) is 36.5 Å². The number of aromatic nitrogens is 1. The highest BCUT2D eigenvalue weighted by atomic mass is 19.4. The standard InChI is InChI=1S/C19H18BF3N2O3/c1-17(2)18(3,4)28-20(27-17)15-7-6-14(9-12(15)10-24)26-16-8-5-13(11-25-16)19(21,22)23/h5-9,11H,1-4H3. The van der Waals surface area contributed by atoms with Crippen LogP contribution in [0.25, 0.3) is 0 Å². The van der Waals surface area contributed by atoms with E-state index in [-0.39, 0.29) is 17.2 Å². The Kier molecular flexibility index (Phi) is 4.90. The minimum absolute atomic E-state index is 0.0136. The van der Waals surface area contributed by atoms with Crippen molar-refractivity contribution in [1.29, 1.82) is 5.26 Å². The lowest BCUT2D eigenvalue weighted by Crippen LogP contribution is -2.41. The summed E-state index contributed by atoms with van der Waals surface area (Å²) in [6.45, 7) is 7.64. The Morgan fingerprint density at radius 1 is 1.07 bits per heavy atom. The van der Waals surface area contributed by atoms with Gasteiger partial charge in [-0.05, 0) is 45.9 Å². The van der Waals surface area contributed by atoms with Crippen LogP contribution in [0.5, 0.6) is 11.6 Å². The molecule has 5 nitrogen and oxygen atoms in total. The van der Waals surface area contributed by atoms with Crippen molar-refractivity contribution < 1.29 is 27.2 Å². The van der Waals surface area contributed by atoms with Gasteiger partial charge in [-0.15, -0.1) is 0 Å². The largest absolute Gasteiger partial charge is 0.496 e. The van der Waals surface area contributed by atoms with Gasteiger partial charge in [0.15, 0.2) is 0 Å². The van der Waals surface area contributed by atoms with Crippen molar-refractivity contribution in [3.63, 3.8) is 0 Å². The van der Waals surface area contributed by atoms with E-state index >= 15 is 0 Å². The van der Waals surface area contributed by atoms with Gasteiger partial charge in [0.1, 0.15) is 5.75 Å². The second-order valence-corrected chi connectivity index (χ2v) is 7.43. The average Bonchev–Trinajstić information content (AvgIpc) is 2.82. The molecule has 0 bridgehead atoms. The fraction of sp³-hybridized carbons (Fsp3) is 0.368. The molecule has 1 saturated heterocycles. The number of hydrogen-bond donors (Lipinski definition) is 0. The Morgan fingerprint density at radius 3 is 2.21 bits per heavy atom. The maximum atomic E-state index is 12.6. The molecule has 28 heavy (non-hydrogen) atoms. The number of alkyl halides is 3. The van der Waals surface area contributed by atoms with E-state index in [1.54, 1.807) is 12.1 Å². The van der Waals surface area contributed by atoms with Crippen molar-refractivity contribution in [2.24, 2.45) is 0 Å². The van der Waals surface area contributed by atoms with Crippen LogP contribution in [-0.2, 0) is 15.5 Å². The highest BCUT2D eigenvalue weighted by molar-refractivity contribution is 6.62. The minimum Gasteiger partial charge on any atom is -0.439 e. The van der Waals surface area contributed by atoms with Gasteiger partial charge in [-0.25, -0.2) is 4.98 Å². The van der Waals surface area contributed by atoms with Gasteiger partial charge in [-0.3, -0.25) is 0 Å². The van der Waals surface area contributed by atoms with E-state index in [2.05, 4.69) is 11.1 Å². The summed E-state index contributed by atoms with van der Waals surface area (Å²) >= 11 is 0. The fourth-order valence-corrected chi connectivity index (χ4v) is 2.60. The van der Waals surface area contributed by atoms with Crippen molar-refractivity contribution in [3.05, 3.63) is 47.7 Å². The summed E-state index contributed by atoms with van der Waals surface area (Å²) in [5, 5.41) is 9.50. The second kappa shape index (κ2) is 6.80. The third-order valence-electron chi connectivity index (χ3n) is 4.94. The smallest absolute Gasteiger partial charge is 0.439 e. The third-order valence-corrected chi connectivity index (χ3v) is 4.94. The number of rotatable bonds is 3. The topological polar surface area (TPSA) is 64.4 Å². The molecule has 1 fully saturated rings. The first-order chi connectivity index (χ1) is 12.9. The molecule has 9 heteroatoms. The van der Waals surface area contributed by atoms with Crippen LogP contribution in [0, 0.1) is 11.3 Å². The number of nitriles is 1. The van der Waals surface area contributed by atoms with Gasteiger partial charge >= 0.3 is 13.3 Å². The number of halogens is 3. The zero-order valence-corrected chi connectivity index (χ0v) is 15.8. The van der Waals surface area contributed by atoms with E-state index in [0.717, 1.165) is 12.1 Å². The maximum Gasteiger partial charge on any atom is 0.496 e. The third kappa shape index (κ3) is 3.84. The highest BCUT2D eigenvalue weighted by Crippen LogP contribution is 2.37. The monoisotopic (exact) mass is 390 g/mol. The Morgan fingerprint density at radius 2 is 1.71 bits per heavy atom. The van der Waals surface area contributed by atoms with Crippen molar-refractivity contribution in [2.45, 2.75) is 45.1 Å². The number of hydrogen-bond acceptors (Lipinski definition) is 5. The van der Waals surface area contributed by atoms with Crippen LogP contribution in [0.1, 0.15) is 38.8 Å². The van der Waals surface area contributed by atoms with Crippen LogP contribution >= 0.6 is 0 Å². The number of benzene rings is 1. The molecular weight excluding hydrogens is 372 g/mol. The van der Waals surface area contributed by atoms with Crippen LogP contribution < -0.4 is 10.2 Å². The zero-order chi connectivity index (χ0) is 20.7. The van der Waals surface area contributed by atoms with Gasteiger partial charge in [0.05, 0.1) is 28.4 Å². The molecule has 0 spiro atoms. The molecule has 0 saturated carbocycles. The van der Waals surface area contributed by atoms with Crippen molar-refractivity contribution >= 4 is 12.6 Å². The van der Waals surface area contributed by atoms with E-state index in [4.69, 9.17) is 14.0 Å². The molecule has 3 rings (SSSR count). The Hall–Kier alpha value is -2.57. The average molecular weight is 390 g/mol. The predicted molar refractivity (Wildman–Crippen MR) is 96.2 cm³/mol. The van der Waals surface area contributed by atoms with E-state index in [0.29, 0.717) is 11.7 Å². The molecule has 0 amide bonds. The first-order valence-electron chi connectivity index (χ1n) is 8.54. The van der Waals surface area contributed by atoms with Crippen molar-refractivity contribution in [1.82, 2.24) is 4.98 Å². The Labute approximate surface area is 161 Å². The molecule has 0 aliphatic carbocycles. The summed E-state index contributed by atoms with van der Waals surface area (Å²) in [5.41, 5.74) is -1.14. The van der Waals surface area contributed by atoms with Crippen LogP contribution in [0.3, 0.4) is 0 Å². The van der Waals surface area contributed by atoms with Gasteiger partial charge < -0.3 is 14.0 Å². The van der Waals surface area contributed by atoms with Gasteiger partial charge in [-0.2, -0.15) is 18.4 Å². The Bertz CT molecular complexity index is 906. The molecule has 2 aromatic rings. The van der Waals surface area contributed by atoms with Crippen molar-refractivity contribution in [3.8, 4) is 17.7 Å². The summed E-state index contributed by atoms with van der Waals surface area (Å²) in [5.74, 6) is 0.254. The molecule has 1 aliphatic rings. The van der Waals surface area contributed by atoms with Crippen LogP contribution in [0.4, 0.5) is 13.2 Å². The van der Waals surface area contributed by atoms with E-state index in [9.17, 15) is 18.4 Å². The SMILES string of the molecule is CC1(C)OB(c2ccc(Oc3ccc(C(F)(F)F)cn3)cc2C#N)OC1(C)C. The normalized spacial score (nSPS) is 18.0. The molecule has 1 aromatic heterocycles. The van der Waals surface area contributed by atoms with Gasteiger partial charge in [0.2, 0.25) is 5.88 Å². The molecule has 1 aromatic carbocycles. The van der Waals surface area contributed by atoms with Gasteiger partial charge in [-0.1, -0.05) is 6.07 Å². The lowest BCUT2D eigenvalue weighted by Gasteiger charge is -2.32. The minimum atomic E-state index is -4.47. The first kappa shape index (κ1) is 20.2. The second-order valence-electron chi connectivity index (χ2n) is 7.43. The molecule has 2 heterocycles. The number of ether oxygens (including phenoxy) is 1. The lowest BCUT2D eigenvalue weighted by atomic mass is 9.76. The first-order valence-corrected chi connectivity index (χ1v) is 8.54. The summed E-state index contributed by atoms with van der Waals surface area (Å²) in [6, 6.07) is 8.77.